The van der Waals surface area contributed by atoms with Gasteiger partial charge in [0.25, 0.3) is 0 Å². The molecule has 0 N–H and O–H groups in total. The molecule has 1 aliphatic rings. The van der Waals surface area contributed by atoms with E-state index in [1.54, 1.807) is 11.3 Å². The first-order valence-corrected chi connectivity index (χ1v) is 11.6. The first-order chi connectivity index (χ1) is 15.8. The van der Waals surface area contributed by atoms with Gasteiger partial charge in [-0.1, -0.05) is 28.1 Å². The van der Waals surface area contributed by atoms with Crippen LogP contribution in [0, 0.1) is 29.1 Å². The monoisotopic (exact) mass is 542 g/mol. The number of piperidine rings is 1. The zero-order valence-corrected chi connectivity index (χ0v) is 19.3. The van der Waals surface area contributed by atoms with Crippen LogP contribution in [-0.4, -0.2) is 28.9 Å². The zero-order valence-electron chi connectivity index (χ0n) is 16.9. The number of benzene rings is 2. The van der Waals surface area contributed by atoms with E-state index in [4.69, 9.17) is 4.98 Å². The number of nitrogens with zero attached hydrogens (tertiary/aromatic N) is 2. The second kappa shape index (κ2) is 9.72. The lowest BCUT2D eigenvalue weighted by Gasteiger charge is -2.30. The Balaban J connectivity index is 1.40. The number of hydrogen-bond acceptors (Lipinski definition) is 3. The van der Waals surface area contributed by atoms with Crippen LogP contribution >= 0.6 is 27.3 Å². The molecule has 2 aromatic carbocycles. The van der Waals surface area contributed by atoms with Gasteiger partial charge in [-0.3, -0.25) is 4.79 Å². The summed E-state index contributed by atoms with van der Waals surface area (Å²) in [5.74, 6) is -10.7. The molecule has 1 amide bonds. The van der Waals surface area contributed by atoms with Gasteiger partial charge < -0.3 is 4.90 Å². The Morgan fingerprint density at radius 2 is 1.67 bits per heavy atom. The Hall–Kier alpha value is -2.59. The maximum atomic E-state index is 13.8. The van der Waals surface area contributed by atoms with Crippen LogP contribution in [0.5, 0.6) is 0 Å². The fraction of sp³-hybridized carbons (Fsp3) is 0.217. The van der Waals surface area contributed by atoms with E-state index in [0.717, 1.165) is 26.8 Å². The number of carbonyl (C=O) groups is 1. The van der Waals surface area contributed by atoms with Crippen molar-refractivity contribution < 1.29 is 26.7 Å². The summed E-state index contributed by atoms with van der Waals surface area (Å²) in [6, 6.07) is 7.82. The Morgan fingerprint density at radius 3 is 2.30 bits per heavy atom. The van der Waals surface area contributed by atoms with Gasteiger partial charge in [-0.15, -0.1) is 11.3 Å². The SMILES string of the molecule is O=C(C=Cc1c(F)c(F)c(F)c(F)c1F)N1CCC(c2nc(-c3cccc(Br)c3)cs2)CC1. The predicted molar refractivity (Wildman–Crippen MR) is 119 cm³/mol. The van der Waals surface area contributed by atoms with Gasteiger partial charge in [0.05, 0.1) is 16.3 Å². The molecule has 0 bridgehead atoms. The standard InChI is InChI=1S/C23H16BrF5N2OS/c24-14-3-1-2-13(10-14)16-11-33-23(30-16)12-6-8-31(9-7-12)17(32)5-4-15-18(25)20(27)22(29)21(28)19(15)26/h1-5,10-12H,6-9H2. The number of amides is 1. The van der Waals surface area contributed by atoms with Gasteiger partial charge in [-0.2, -0.15) is 0 Å². The maximum Gasteiger partial charge on any atom is 0.246 e. The topological polar surface area (TPSA) is 33.2 Å². The summed E-state index contributed by atoms with van der Waals surface area (Å²) in [5, 5.41) is 2.95. The summed E-state index contributed by atoms with van der Waals surface area (Å²) in [6.45, 7) is 0.771. The van der Waals surface area contributed by atoms with E-state index in [9.17, 15) is 26.7 Å². The van der Waals surface area contributed by atoms with Crippen molar-refractivity contribution in [2.45, 2.75) is 18.8 Å². The largest absolute Gasteiger partial charge is 0.339 e. The van der Waals surface area contributed by atoms with Gasteiger partial charge in [0.15, 0.2) is 23.3 Å². The molecule has 1 fully saturated rings. The third-order valence-corrected chi connectivity index (χ3v) is 6.94. The highest BCUT2D eigenvalue weighted by Crippen LogP contribution is 2.33. The summed E-state index contributed by atoms with van der Waals surface area (Å²) in [7, 11) is 0. The minimum atomic E-state index is -2.24. The molecule has 10 heteroatoms. The maximum absolute atomic E-state index is 13.8. The number of hydrogen-bond donors (Lipinski definition) is 0. The fourth-order valence-corrected chi connectivity index (χ4v) is 5.03. The van der Waals surface area contributed by atoms with Crippen molar-refractivity contribution in [3.05, 3.63) is 79.9 Å². The molecule has 0 spiro atoms. The van der Waals surface area contributed by atoms with Crippen LogP contribution in [0.2, 0.25) is 0 Å². The lowest BCUT2D eigenvalue weighted by molar-refractivity contribution is -0.126. The van der Waals surface area contributed by atoms with Gasteiger partial charge in [0, 0.05) is 40.5 Å². The molecule has 1 aromatic heterocycles. The summed E-state index contributed by atoms with van der Waals surface area (Å²) in [5.41, 5.74) is 0.732. The minimum Gasteiger partial charge on any atom is -0.339 e. The Morgan fingerprint density at radius 1 is 1.03 bits per heavy atom. The molecule has 0 saturated carbocycles. The van der Waals surface area contributed by atoms with Gasteiger partial charge >= 0.3 is 0 Å². The molecule has 3 aromatic rings. The second-order valence-electron chi connectivity index (χ2n) is 7.50. The summed E-state index contributed by atoms with van der Waals surface area (Å²) in [4.78, 5) is 18.6. The van der Waals surface area contributed by atoms with Crippen molar-refractivity contribution in [2.24, 2.45) is 0 Å². The van der Waals surface area contributed by atoms with E-state index in [-0.39, 0.29) is 5.92 Å². The van der Waals surface area contributed by atoms with Gasteiger partial charge in [0.1, 0.15) is 0 Å². The molecule has 172 valence electrons. The number of thiazole rings is 1. The number of likely N-dealkylation sites (tertiary alicyclic amines) is 1. The number of halogens is 6. The fourth-order valence-electron chi connectivity index (χ4n) is 3.63. The number of carbonyl (C=O) groups excluding carboxylic acids is 1. The molecule has 0 radical (unpaired) electrons. The highest BCUT2D eigenvalue weighted by molar-refractivity contribution is 9.10. The van der Waals surface area contributed by atoms with Crippen LogP contribution in [0.4, 0.5) is 22.0 Å². The minimum absolute atomic E-state index is 0.166. The second-order valence-corrected chi connectivity index (χ2v) is 9.30. The van der Waals surface area contributed by atoms with Crippen LogP contribution in [0.1, 0.15) is 29.3 Å². The van der Waals surface area contributed by atoms with Gasteiger partial charge in [-0.05, 0) is 31.1 Å². The molecule has 33 heavy (non-hydrogen) atoms. The molecule has 1 saturated heterocycles. The zero-order chi connectivity index (χ0) is 23.7. The third kappa shape index (κ3) is 4.86. The van der Waals surface area contributed by atoms with Crippen LogP contribution in [0.15, 0.2) is 40.2 Å². The molecule has 3 nitrogen and oxygen atoms in total. The smallest absolute Gasteiger partial charge is 0.246 e. The average Bonchev–Trinajstić information content (AvgIpc) is 3.32. The van der Waals surface area contributed by atoms with E-state index in [0.29, 0.717) is 32.0 Å². The summed E-state index contributed by atoms with van der Waals surface area (Å²) >= 11 is 5.00. The molecule has 0 unspecified atom stereocenters. The lowest BCUT2D eigenvalue weighted by atomic mass is 9.97. The summed E-state index contributed by atoms with van der Waals surface area (Å²) in [6.07, 6.45) is 2.74. The van der Waals surface area contributed by atoms with Gasteiger partial charge in [0.2, 0.25) is 11.7 Å². The van der Waals surface area contributed by atoms with Crippen molar-refractivity contribution in [2.75, 3.05) is 13.1 Å². The molecule has 4 rings (SSSR count). The predicted octanol–water partition coefficient (Wildman–Crippen LogP) is 6.69. The highest BCUT2D eigenvalue weighted by atomic mass is 79.9. The normalized spacial score (nSPS) is 14.9. The van der Waals surface area contributed by atoms with Crippen molar-refractivity contribution >= 4 is 39.2 Å². The Labute approximate surface area is 198 Å². The van der Waals surface area contributed by atoms with Gasteiger partial charge in [-0.25, -0.2) is 26.9 Å². The summed E-state index contributed by atoms with van der Waals surface area (Å²) < 4.78 is 68.3. The molecule has 0 atom stereocenters. The first-order valence-electron chi connectivity index (χ1n) is 9.96. The van der Waals surface area contributed by atoms with Crippen LogP contribution in [-0.2, 0) is 4.79 Å². The Bertz CT molecular complexity index is 1210. The molecule has 0 aliphatic carbocycles. The highest BCUT2D eigenvalue weighted by Gasteiger charge is 2.27. The van der Waals surface area contributed by atoms with Crippen LogP contribution in [0.25, 0.3) is 17.3 Å². The third-order valence-electron chi connectivity index (χ3n) is 5.43. The quantitative estimate of drug-likeness (QED) is 0.159. The molecule has 1 aliphatic heterocycles. The van der Waals surface area contributed by atoms with E-state index in [2.05, 4.69) is 15.9 Å². The van der Waals surface area contributed by atoms with Crippen LogP contribution < -0.4 is 0 Å². The average molecular weight is 543 g/mol. The molecular weight excluding hydrogens is 527 g/mol. The molecule has 2 heterocycles. The van der Waals surface area contributed by atoms with E-state index >= 15 is 0 Å². The lowest BCUT2D eigenvalue weighted by Crippen LogP contribution is -2.36. The van der Waals surface area contributed by atoms with Crippen molar-refractivity contribution in [1.82, 2.24) is 9.88 Å². The Kier molecular flexibility index (Phi) is 6.94. The van der Waals surface area contributed by atoms with E-state index in [1.807, 2.05) is 29.6 Å². The van der Waals surface area contributed by atoms with Crippen molar-refractivity contribution in [3.63, 3.8) is 0 Å². The number of rotatable bonds is 4. The first kappa shape index (κ1) is 23.6. The van der Waals surface area contributed by atoms with Crippen molar-refractivity contribution in [1.29, 1.82) is 0 Å². The van der Waals surface area contributed by atoms with E-state index < -0.39 is 40.6 Å². The molecular formula is C23H16BrF5N2OS. The van der Waals surface area contributed by atoms with E-state index in [1.165, 1.54) is 4.90 Å². The van der Waals surface area contributed by atoms with Crippen molar-refractivity contribution in [3.8, 4) is 11.3 Å². The number of aromatic nitrogens is 1. The van der Waals surface area contributed by atoms with Crippen LogP contribution in [0.3, 0.4) is 0 Å².